The maximum atomic E-state index is 12.1. The minimum Gasteiger partial charge on any atom is -0.460 e. The zero-order valence-electron chi connectivity index (χ0n) is 13.9. The number of rotatable bonds is 2. The van der Waals surface area contributed by atoms with Gasteiger partial charge in [-0.1, -0.05) is 0 Å². The van der Waals surface area contributed by atoms with Crippen molar-refractivity contribution < 1.29 is 14.3 Å². The number of urea groups is 1. The largest absolute Gasteiger partial charge is 0.460 e. The van der Waals surface area contributed by atoms with Crippen LogP contribution in [0.3, 0.4) is 0 Å². The fourth-order valence-electron chi connectivity index (χ4n) is 2.97. The van der Waals surface area contributed by atoms with Gasteiger partial charge in [0.05, 0.1) is 5.92 Å². The molecule has 0 unspecified atom stereocenters. The molecule has 2 rings (SSSR count). The summed E-state index contributed by atoms with van der Waals surface area (Å²) < 4.78 is 5.47. The van der Waals surface area contributed by atoms with E-state index in [0.717, 1.165) is 39.0 Å². The van der Waals surface area contributed by atoms with Crippen LogP contribution < -0.4 is 5.73 Å². The molecule has 0 aromatic heterocycles. The summed E-state index contributed by atoms with van der Waals surface area (Å²) in [5, 5.41) is 4.56. The van der Waals surface area contributed by atoms with Crippen molar-refractivity contribution in [3.63, 3.8) is 0 Å². The van der Waals surface area contributed by atoms with Gasteiger partial charge in [-0.2, -0.15) is 0 Å². The van der Waals surface area contributed by atoms with Crippen LogP contribution in [0, 0.1) is 5.92 Å². The van der Waals surface area contributed by atoms with Gasteiger partial charge >= 0.3 is 12.0 Å². The van der Waals surface area contributed by atoms with Gasteiger partial charge in [0.15, 0.2) is 0 Å². The molecule has 2 aliphatic rings. The Hall–Kier alpha value is -1.34. The number of ether oxygens (including phenoxy) is 1. The molecule has 0 aliphatic carbocycles. The molecule has 0 bridgehead atoms. The number of carbonyl (C=O) groups is 2. The highest BCUT2D eigenvalue weighted by Crippen LogP contribution is 2.23. The van der Waals surface area contributed by atoms with Crippen LogP contribution in [0.4, 0.5) is 4.79 Å². The van der Waals surface area contributed by atoms with Gasteiger partial charge in [0.25, 0.3) is 0 Å². The van der Waals surface area contributed by atoms with Crippen LogP contribution in [0.1, 0.15) is 33.6 Å². The van der Waals surface area contributed by atoms with E-state index >= 15 is 0 Å². The summed E-state index contributed by atoms with van der Waals surface area (Å²) in [6, 6.07) is -0.344. The molecular formula is C15H28N4O3. The first-order valence-corrected chi connectivity index (χ1v) is 8.03. The Morgan fingerprint density at radius 1 is 0.955 bits per heavy atom. The van der Waals surface area contributed by atoms with Crippen molar-refractivity contribution >= 4 is 12.0 Å². The molecule has 0 aromatic carbocycles. The lowest BCUT2D eigenvalue weighted by atomic mass is 9.97. The van der Waals surface area contributed by atoms with Gasteiger partial charge in [0.1, 0.15) is 5.60 Å². The van der Waals surface area contributed by atoms with E-state index in [1.54, 1.807) is 4.90 Å². The molecule has 0 saturated carbocycles. The molecule has 0 radical (unpaired) electrons. The molecule has 2 heterocycles. The molecule has 2 aliphatic heterocycles. The quantitative estimate of drug-likeness (QED) is 0.758. The van der Waals surface area contributed by atoms with Gasteiger partial charge < -0.3 is 15.4 Å². The SMILES string of the molecule is CC(C)(C)OC(=O)C1CCN(N2CCN(C(N)=O)CC2)CC1. The van der Waals surface area contributed by atoms with Crippen LogP contribution in [-0.4, -0.2) is 71.8 Å². The molecule has 7 heteroatoms. The predicted octanol–water partition coefficient (Wildman–Crippen LogP) is 0.651. The third kappa shape index (κ3) is 4.58. The number of amides is 2. The fourth-order valence-corrected chi connectivity index (χ4v) is 2.97. The van der Waals surface area contributed by atoms with Gasteiger partial charge in [-0.05, 0) is 33.6 Å². The third-order valence-corrected chi connectivity index (χ3v) is 4.18. The Labute approximate surface area is 132 Å². The predicted molar refractivity (Wildman–Crippen MR) is 82.9 cm³/mol. The van der Waals surface area contributed by atoms with Gasteiger partial charge in [-0.3, -0.25) is 4.79 Å². The molecule has 2 fully saturated rings. The van der Waals surface area contributed by atoms with Crippen LogP contribution >= 0.6 is 0 Å². The van der Waals surface area contributed by atoms with Crippen LogP contribution in [0.5, 0.6) is 0 Å². The summed E-state index contributed by atoms with van der Waals surface area (Å²) >= 11 is 0. The molecular weight excluding hydrogens is 284 g/mol. The van der Waals surface area contributed by atoms with Crippen molar-refractivity contribution in [3.05, 3.63) is 0 Å². The summed E-state index contributed by atoms with van der Waals surface area (Å²) in [5.74, 6) is -0.0759. The fraction of sp³-hybridized carbons (Fsp3) is 0.867. The van der Waals surface area contributed by atoms with Crippen LogP contribution in [0.2, 0.25) is 0 Å². The number of piperazine rings is 1. The lowest BCUT2D eigenvalue weighted by Crippen LogP contribution is -2.57. The van der Waals surface area contributed by atoms with Crippen molar-refractivity contribution in [2.24, 2.45) is 11.7 Å². The molecule has 0 aromatic rings. The number of piperidine rings is 1. The number of carbonyl (C=O) groups excluding carboxylic acids is 2. The Bertz CT molecular complexity index is 406. The summed E-state index contributed by atoms with van der Waals surface area (Å²) in [7, 11) is 0. The number of primary amides is 1. The van der Waals surface area contributed by atoms with Crippen LogP contribution in [0.25, 0.3) is 0 Å². The topological polar surface area (TPSA) is 79.1 Å². The molecule has 0 spiro atoms. The smallest absolute Gasteiger partial charge is 0.314 e. The average Bonchev–Trinajstić information content (AvgIpc) is 2.46. The summed E-state index contributed by atoms with van der Waals surface area (Å²) in [5.41, 5.74) is 4.88. The highest BCUT2D eigenvalue weighted by Gasteiger charge is 2.32. The lowest BCUT2D eigenvalue weighted by molar-refractivity contribution is -0.164. The molecule has 22 heavy (non-hydrogen) atoms. The Kier molecular flexibility index (Phi) is 5.28. The van der Waals surface area contributed by atoms with E-state index in [1.807, 2.05) is 20.8 Å². The first-order chi connectivity index (χ1) is 10.3. The molecule has 126 valence electrons. The average molecular weight is 312 g/mol. The second kappa shape index (κ2) is 6.83. The minimum atomic E-state index is -0.417. The normalized spacial score (nSPS) is 22.6. The lowest BCUT2D eigenvalue weighted by Gasteiger charge is -2.43. The Balaban J connectivity index is 1.76. The number of hydrogen-bond donors (Lipinski definition) is 1. The maximum absolute atomic E-state index is 12.1. The van der Waals surface area contributed by atoms with Gasteiger partial charge in [-0.15, -0.1) is 0 Å². The van der Waals surface area contributed by atoms with Gasteiger partial charge in [-0.25, -0.2) is 14.8 Å². The van der Waals surface area contributed by atoms with Crippen molar-refractivity contribution in [2.45, 2.75) is 39.2 Å². The highest BCUT2D eigenvalue weighted by atomic mass is 16.6. The maximum Gasteiger partial charge on any atom is 0.314 e. The molecule has 2 saturated heterocycles. The van der Waals surface area contributed by atoms with E-state index in [2.05, 4.69) is 10.0 Å². The Morgan fingerprint density at radius 3 is 1.91 bits per heavy atom. The summed E-state index contributed by atoms with van der Waals surface area (Å²) in [6.45, 7) is 10.4. The standard InChI is InChI=1S/C15H28N4O3/c1-15(2,3)22-13(20)12-4-6-18(7-5-12)19-10-8-17(9-11-19)14(16)21/h12H,4-11H2,1-3H3,(H2,16,21). The Morgan fingerprint density at radius 2 is 1.45 bits per heavy atom. The number of nitrogens with zero attached hydrogens (tertiary/aromatic N) is 3. The van der Waals surface area contributed by atoms with Crippen molar-refractivity contribution in [1.29, 1.82) is 0 Å². The number of hydrazine groups is 1. The number of hydrogen-bond acceptors (Lipinski definition) is 5. The zero-order chi connectivity index (χ0) is 16.3. The molecule has 2 amide bonds. The van der Waals surface area contributed by atoms with Gasteiger partial charge in [0.2, 0.25) is 0 Å². The van der Waals surface area contributed by atoms with E-state index in [1.165, 1.54) is 0 Å². The summed E-state index contributed by atoms with van der Waals surface area (Å²) in [6.07, 6.45) is 1.65. The molecule has 7 nitrogen and oxygen atoms in total. The van der Waals surface area contributed by atoms with E-state index in [9.17, 15) is 9.59 Å². The molecule has 2 N–H and O–H groups in total. The minimum absolute atomic E-state index is 0.00221. The van der Waals surface area contributed by atoms with Crippen molar-refractivity contribution in [3.8, 4) is 0 Å². The van der Waals surface area contributed by atoms with Crippen LogP contribution in [0.15, 0.2) is 0 Å². The second-order valence-corrected chi connectivity index (χ2v) is 7.04. The first-order valence-electron chi connectivity index (χ1n) is 8.03. The zero-order valence-corrected chi connectivity index (χ0v) is 13.9. The second-order valence-electron chi connectivity index (χ2n) is 7.04. The molecule has 0 atom stereocenters. The van der Waals surface area contributed by atoms with Crippen molar-refractivity contribution in [2.75, 3.05) is 39.3 Å². The highest BCUT2D eigenvalue weighted by molar-refractivity contribution is 5.73. The monoisotopic (exact) mass is 312 g/mol. The summed E-state index contributed by atoms with van der Waals surface area (Å²) in [4.78, 5) is 24.9. The number of esters is 1. The van der Waals surface area contributed by atoms with E-state index in [0.29, 0.717) is 13.1 Å². The van der Waals surface area contributed by atoms with Crippen molar-refractivity contribution in [1.82, 2.24) is 14.9 Å². The van der Waals surface area contributed by atoms with Gasteiger partial charge in [0, 0.05) is 39.3 Å². The van der Waals surface area contributed by atoms with Crippen LogP contribution in [-0.2, 0) is 9.53 Å². The number of nitrogens with two attached hydrogens (primary N) is 1. The van der Waals surface area contributed by atoms with E-state index in [4.69, 9.17) is 10.5 Å². The third-order valence-electron chi connectivity index (χ3n) is 4.18. The van der Waals surface area contributed by atoms with E-state index in [-0.39, 0.29) is 17.9 Å². The van der Waals surface area contributed by atoms with E-state index < -0.39 is 5.60 Å². The first kappa shape index (κ1) is 17.0.